The van der Waals surface area contributed by atoms with Gasteiger partial charge < -0.3 is 9.30 Å². The number of halogens is 2. The second-order valence-electron chi connectivity index (χ2n) is 8.25. The Morgan fingerprint density at radius 3 is 2.59 bits per heavy atom. The highest BCUT2D eigenvalue weighted by Crippen LogP contribution is 2.40. The molecule has 6 rings (SSSR count). The van der Waals surface area contributed by atoms with E-state index in [1.165, 1.54) is 17.4 Å². The van der Waals surface area contributed by atoms with Gasteiger partial charge in [0, 0.05) is 24.2 Å². The SMILES string of the molecule is Cn1cc(-c2csc(NS(=O)(=O)c3cc(Cl)c(Cl)s3)n2)c2c(Oc3ccc4ccccc4c3)cccc21. The monoisotopic (exact) mass is 585 g/mol. The number of ether oxygens (including phenoxy) is 1. The van der Waals surface area contributed by atoms with E-state index in [1.807, 2.05) is 77.8 Å². The van der Waals surface area contributed by atoms with Crippen LogP contribution in [-0.4, -0.2) is 18.0 Å². The fourth-order valence-corrected chi connectivity index (χ4v) is 7.96. The van der Waals surface area contributed by atoms with E-state index in [4.69, 9.17) is 27.9 Å². The second-order valence-corrected chi connectivity index (χ2v) is 13.1. The zero-order chi connectivity index (χ0) is 25.7. The highest BCUT2D eigenvalue weighted by molar-refractivity contribution is 7.95. The van der Waals surface area contributed by atoms with Crippen LogP contribution in [0.3, 0.4) is 0 Å². The van der Waals surface area contributed by atoms with Crippen LogP contribution in [0.1, 0.15) is 0 Å². The van der Waals surface area contributed by atoms with Gasteiger partial charge in [-0.15, -0.1) is 22.7 Å². The first-order chi connectivity index (χ1) is 17.8. The molecule has 6 nitrogen and oxygen atoms in total. The summed E-state index contributed by atoms with van der Waals surface area (Å²) in [4.78, 5) is 4.57. The van der Waals surface area contributed by atoms with E-state index in [-0.39, 0.29) is 18.7 Å². The first-order valence-corrected chi connectivity index (χ1v) is 14.9. The molecule has 3 aromatic heterocycles. The predicted octanol–water partition coefficient (Wildman–Crippen LogP) is 8.42. The maximum atomic E-state index is 12.8. The fraction of sp³-hybridized carbons (Fsp3) is 0.0385. The lowest BCUT2D eigenvalue weighted by molar-refractivity contribution is 0.489. The van der Waals surface area contributed by atoms with Crippen LogP contribution in [0.5, 0.6) is 11.5 Å². The van der Waals surface area contributed by atoms with Gasteiger partial charge in [0.25, 0.3) is 10.0 Å². The number of thiazole rings is 1. The lowest BCUT2D eigenvalue weighted by Crippen LogP contribution is -2.11. The zero-order valence-corrected chi connectivity index (χ0v) is 23.1. The van der Waals surface area contributed by atoms with Gasteiger partial charge in [-0.2, -0.15) is 0 Å². The maximum absolute atomic E-state index is 12.8. The number of anilines is 1. The normalized spacial score (nSPS) is 11.9. The van der Waals surface area contributed by atoms with Crippen LogP contribution in [0.15, 0.2) is 82.5 Å². The van der Waals surface area contributed by atoms with Gasteiger partial charge in [-0.05, 0) is 41.1 Å². The van der Waals surface area contributed by atoms with E-state index in [0.29, 0.717) is 11.4 Å². The third kappa shape index (κ3) is 4.58. The Bertz CT molecular complexity index is 1890. The summed E-state index contributed by atoms with van der Waals surface area (Å²) < 4.78 is 36.7. The number of hydrogen-bond donors (Lipinski definition) is 1. The van der Waals surface area contributed by atoms with Crippen molar-refractivity contribution < 1.29 is 13.2 Å². The Balaban J connectivity index is 1.36. The van der Waals surface area contributed by atoms with Crippen LogP contribution >= 0.6 is 45.9 Å². The highest BCUT2D eigenvalue weighted by Gasteiger charge is 2.22. The van der Waals surface area contributed by atoms with Crippen LogP contribution in [0.25, 0.3) is 32.9 Å². The third-order valence-corrected chi connectivity index (χ3v) is 10.4. The van der Waals surface area contributed by atoms with E-state index in [1.54, 1.807) is 0 Å². The Morgan fingerprint density at radius 2 is 1.81 bits per heavy atom. The molecule has 0 saturated heterocycles. The van der Waals surface area contributed by atoms with Gasteiger partial charge in [0.2, 0.25) is 0 Å². The Kier molecular flexibility index (Phi) is 6.13. The van der Waals surface area contributed by atoms with Gasteiger partial charge >= 0.3 is 0 Å². The molecule has 3 heterocycles. The second kappa shape index (κ2) is 9.34. The minimum absolute atomic E-state index is 0.0236. The minimum Gasteiger partial charge on any atom is -0.457 e. The topological polar surface area (TPSA) is 73.2 Å². The van der Waals surface area contributed by atoms with Crippen molar-refractivity contribution in [2.45, 2.75) is 4.21 Å². The number of benzene rings is 3. The van der Waals surface area contributed by atoms with Crippen molar-refractivity contribution in [3.8, 4) is 22.8 Å². The summed E-state index contributed by atoms with van der Waals surface area (Å²) >= 11 is 14.0. The standard InChI is InChI=1S/C26H17Cl2N3O3S3/c1-31-13-18(20-14-35-26(29-20)30-37(32,33)23-12-19(27)25(28)36-23)24-21(31)7-4-8-22(24)34-17-10-9-15-5-2-3-6-16(15)11-17/h2-14H,1H3,(H,29,30). The van der Waals surface area contributed by atoms with Crippen LogP contribution in [-0.2, 0) is 17.1 Å². The van der Waals surface area contributed by atoms with E-state index >= 15 is 0 Å². The number of nitrogens with one attached hydrogen (secondary N) is 1. The Labute approximate surface area is 230 Å². The molecule has 11 heteroatoms. The molecule has 0 bridgehead atoms. The number of rotatable bonds is 6. The molecule has 37 heavy (non-hydrogen) atoms. The quantitative estimate of drug-likeness (QED) is 0.213. The molecule has 0 spiro atoms. The highest BCUT2D eigenvalue weighted by atomic mass is 35.5. The Hall–Kier alpha value is -3.08. The molecule has 0 unspecified atom stereocenters. The van der Waals surface area contributed by atoms with Gasteiger partial charge in [0.05, 0.1) is 21.6 Å². The molecule has 0 aliphatic heterocycles. The molecule has 1 N–H and O–H groups in total. The summed E-state index contributed by atoms with van der Waals surface area (Å²) in [6.07, 6.45) is 1.96. The van der Waals surface area contributed by atoms with Crippen molar-refractivity contribution in [3.63, 3.8) is 0 Å². The molecule has 186 valence electrons. The Morgan fingerprint density at radius 1 is 1.00 bits per heavy atom. The van der Waals surface area contributed by atoms with E-state index in [0.717, 1.165) is 44.3 Å². The average Bonchev–Trinajstić information content (AvgIpc) is 3.57. The number of thiophene rings is 1. The molecule has 0 radical (unpaired) electrons. The number of aryl methyl sites for hydroxylation is 1. The lowest BCUT2D eigenvalue weighted by atomic mass is 10.1. The molecule has 6 aromatic rings. The molecule has 0 atom stereocenters. The molecular weight excluding hydrogens is 569 g/mol. The van der Waals surface area contributed by atoms with Crippen molar-refractivity contribution in [1.82, 2.24) is 9.55 Å². The van der Waals surface area contributed by atoms with Gasteiger partial charge in [0.15, 0.2) is 5.13 Å². The summed E-state index contributed by atoms with van der Waals surface area (Å²) in [5.41, 5.74) is 2.43. The van der Waals surface area contributed by atoms with Gasteiger partial charge in [0.1, 0.15) is 20.0 Å². The number of sulfonamides is 1. The number of fused-ring (bicyclic) bond motifs is 2. The average molecular weight is 587 g/mol. The summed E-state index contributed by atoms with van der Waals surface area (Å²) in [7, 11) is -1.92. The first-order valence-electron chi connectivity index (χ1n) is 11.0. The van der Waals surface area contributed by atoms with E-state index in [9.17, 15) is 8.42 Å². The van der Waals surface area contributed by atoms with Gasteiger partial charge in [-0.1, -0.05) is 59.6 Å². The number of nitrogens with zero attached hydrogens (tertiary/aromatic N) is 2. The predicted molar refractivity (Wildman–Crippen MR) is 153 cm³/mol. The summed E-state index contributed by atoms with van der Waals surface area (Å²) in [5.74, 6) is 1.40. The molecule has 0 aliphatic rings. The first kappa shape index (κ1) is 24.3. The largest absolute Gasteiger partial charge is 0.457 e. The molecule has 0 saturated carbocycles. The maximum Gasteiger partial charge on any atom is 0.273 e. The molecule has 0 amide bonds. The van der Waals surface area contributed by atoms with E-state index < -0.39 is 10.0 Å². The van der Waals surface area contributed by atoms with Crippen molar-refractivity contribution in [2.24, 2.45) is 7.05 Å². The summed E-state index contributed by atoms with van der Waals surface area (Å²) in [6, 6.07) is 21.3. The molecular formula is C26H17Cl2N3O3S3. The van der Waals surface area contributed by atoms with Crippen molar-refractivity contribution >= 4 is 82.7 Å². The summed E-state index contributed by atoms with van der Waals surface area (Å²) in [5, 5.41) is 5.36. The number of hydrogen-bond acceptors (Lipinski definition) is 6. The number of aromatic nitrogens is 2. The van der Waals surface area contributed by atoms with Gasteiger partial charge in [-0.3, -0.25) is 4.72 Å². The van der Waals surface area contributed by atoms with Crippen molar-refractivity contribution in [1.29, 1.82) is 0 Å². The fourth-order valence-electron chi connectivity index (χ4n) is 4.12. The van der Waals surface area contributed by atoms with E-state index in [2.05, 4.69) is 15.8 Å². The molecule has 0 aliphatic carbocycles. The molecule has 3 aromatic carbocycles. The van der Waals surface area contributed by atoms with Crippen LogP contribution in [0.2, 0.25) is 9.36 Å². The molecule has 0 fully saturated rings. The van der Waals surface area contributed by atoms with Crippen molar-refractivity contribution in [3.05, 3.63) is 87.7 Å². The zero-order valence-electron chi connectivity index (χ0n) is 19.1. The van der Waals surface area contributed by atoms with Crippen LogP contribution < -0.4 is 9.46 Å². The summed E-state index contributed by atoms with van der Waals surface area (Å²) in [6.45, 7) is 0. The van der Waals surface area contributed by atoms with Crippen molar-refractivity contribution in [2.75, 3.05) is 4.72 Å². The lowest BCUT2D eigenvalue weighted by Gasteiger charge is -2.10. The smallest absolute Gasteiger partial charge is 0.273 e. The minimum atomic E-state index is -3.87. The third-order valence-electron chi connectivity index (χ3n) is 5.81. The van der Waals surface area contributed by atoms with Crippen LogP contribution in [0, 0.1) is 0 Å². The van der Waals surface area contributed by atoms with Crippen LogP contribution in [0.4, 0.5) is 5.13 Å². The van der Waals surface area contributed by atoms with Gasteiger partial charge in [-0.25, -0.2) is 13.4 Å².